The fourth-order valence-electron chi connectivity index (χ4n) is 1.87. The van der Waals surface area contributed by atoms with Gasteiger partial charge in [-0.05, 0) is 12.6 Å². The number of hydrogen-bond acceptors (Lipinski definition) is 1. The van der Waals surface area contributed by atoms with E-state index < -0.39 is 0 Å². The third kappa shape index (κ3) is 1.09. The van der Waals surface area contributed by atoms with E-state index in [0.717, 1.165) is 6.42 Å². The van der Waals surface area contributed by atoms with Crippen molar-refractivity contribution < 1.29 is 0 Å². The summed E-state index contributed by atoms with van der Waals surface area (Å²) >= 11 is 0. The van der Waals surface area contributed by atoms with Gasteiger partial charge in [-0.15, -0.1) is 0 Å². The number of hydrogen-bond donors (Lipinski definition) is 0. The molecule has 2 unspecified atom stereocenters. The van der Waals surface area contributed by atoms with Crippen molar-refractivity contribution in [3.63, 3.8) is 0 Å². The fraction of sp³-hybridized carbons (Fsp3) is 0.455. The van der Waals surface area contributed by atoms with Crippen LogP contribution in [0.3, 0.4) is 0 Å². The number of nitrogens with zero attached hydrogens (tertiary/aromatic N) is 1. The highest BCUT2D eigenvalue weighted by Gasteiger charge is 2.24. The van der Waals surface area contributed by atoms with Crippen molar-refractivity contribution in [1.29, 1.82) is 0 Å². The first-order valence-corrected chi connectivity index (χ1v) is 4.60. The van der Waals surface area contributed by atoms with Gasteiger partial charge in [-0.3, -0.25) is 0 Å². The third-order valence-electron chi connectivity index (χ3n) is 2.73. The number of rotatable bonds is 1. The van der Waals surface area contributed by atoms with Crippen molar-refractivity contribution in [3.8, 4) is 0 Å². The Bertz CT molecular complexity index is 260. The minimum absolute atomic E-state index is 0.588. The Morgan fingerprint density at radius 1 is 1.42 bits per heavy atom. The van der Waals surface area contributed by atoms with Crippen LogP contribution in [-0.4, -0.2) is 18.0 Å². The van der Waals surface area contributed by atoms with Crippen molar-refractivity contribution in [2.24, 2.45) is 5.92 Å². The number of allylic oxidation sites excluding steroid dienone is 2. The smallest absolute Gasteiger partial charge is 0.0568 e. The lowest BCUT2D eigenvalue weighted by Crippen LogP contribution is -2.27. The van der Waals surface area contributed by atoms with Crippen LogP contribution in [0.15, 0.2) is 36.1 Å². The van der Waals surface area contributed by atoms with Gasteiger partial charge in [0, 0.05) is 13.0 Å². The summed E-state index contributed by atoms with van der Waals surface area (Å²) in [6.45, 7) is 2.21. The van der Waals surface area contributed by atoms with Crippen LogP contribution in [0.5, 0.6) is 0 Å². The van der Waals surface area contributed by atoms with E-state index in [2.05, 4.69) is 49.4 Å². The van der Waals surface area contributed by atoms with Crippen LogP contribution in [0.2, 0.25) is 0 Å². The molecule has 2 rings (SSSR count). The van der Waals surface area contributed by atoms with E-state index in [9.17, 15) is 0 Å². The van der Waals surface area contributed by atoms with Gasteiger partial charge in [-0.1, -0.05) is 36.8 Å². The first kappa shape index (κ1) is 7.66. The molecule has 2 atom stereocenters. The summed E-state index contributed by atoms with van der Waals surface area (Å²) in [4.78, 5) is 2.28. The highest BCUT2D eigenvalue weighted by atomic mass is 15.1. The fourth-order valence-corrected chi connectivity index (χ4v) is 1.87. The molecule has 0 fully saturated rings. The van der Waals surface area contributed by atoms with E-state index in [0.29, 0.717) is 12.0 Å². The van der Waals surface area contributed by atoms with Crippen molar-refractivity contribution in [2.45, 2.75) is 19.4 Å². The Labute approximate surface area is 74.1 Å². The molecule has 2 aliphatic rings. The van der Waals surface area contributed by atoms with Crippen molar-refractivity contribution in [2.75, 3.05) is 7.05 Å². The minimum Gasteiger partial charge on any atom is -0.373 e. The van der Waals surface area contributed by atoms with Gasteiger partial charge in [0.05, 0.1) is 6.04 Å². The van der Waals surface area contributed by atoms with Crippen LogP contribution in [0, 0.1) is 5.92 Å². The molecule has 0 aromatic heterocycles. The summed E-state index contributed by atoms with van der Waals surface area (Å²) < 4.78 is 0. The van der Waals surface area contributed by atoms with E-state index in [-0.39, 0.29) is 0 Å². The lowest BCUT2D eigenvalue weighted by molar-refractivity contribution is 0.378. The van der Waals surface area contributed by atoms with Crippen molar-refractivity contribution in [3.05, 3.63) is 36.1 Å². The molecule has 0 spiro atoms. The molecular weight excluding hydrogens is 146 g/mol. The zero-order valence-corrected chi connectivity index (χ0v) is 7.70. The van der Waals surface area contributed by atoms with Gasteiger partial charge in [0.2, 0.25) is 0 Å². The van der Waals surface area contributed by atoms with Crippen LogP contribution in [-0.2, 0) is 0 Å². The quantitative estimate of drug-likeness (QED) is 0.570. The monoisotopic (exact) mass is 161 g/mol. The Morgan fingerprint density at radius 3 is 3.00 bits per heavy atom. The molecule has 0 saturated heterocycles. The largest absolute Gasteiger partial charge is 0.373 e. The predicted octanol–water partition coefficient (Wildman–Crippen LogP) is 2.34. The molecule has 1 nitrogen and oxygen atoms in total. The summed E-state index contributed by atoms with van der Waals surface area (Å²) in [5.41, 5.74) is 1.46. The second kappa shape index (κ2) is 2.81. The maximum absolute atomic E-state index is 2.38. The number of fused-ring (bicyclic) bond motifs is 1. The number of likely N-dealkylation sites (N-methyl/N-ethyl adjacent to an activating group) is 1. The molecule has 0 saturated carbocycles. The average molecular weight is 161 g/mol. The van der Waals surface area contributed by atoms with Crippen LogP contribution >= 0.6 is 0 Å². The molecule has 0 bridgehead atoms. The summed E-state index contributed by atoms with van der Waals surface area (Å²) in [5, 5.41) is 0. The second-order valence-electron chi connectivity index (χ2n) is 3.53. The van der Waals surface area contributed by atoms with E-state index in [1.165, 1.54) is 5.57 Å². The molecule has 1 heterocycles. The molecule has 1 aliphatic heterocycles. The first-order valence-electron chi connectivity index (χ1n) is 4.60. The Morgan fingerprint density at radius 2 is 2.25 bits per heavy atom. The van der Waals surface area contributed by atoms with Crippen LogP contribution < -0.4 is 0 Å². The molecule has 1 aliphatic carbocycles. The lowest BCUT2D eigenvalue weighted by atomic mass is 9.92. The van der Waals surface area contributed by atoms with E-state index in [1.54, 1.807) is 0 Å². The molecule has 64 valence electrons. The first-order chi connectivity index (χ1) is 5.81. The van der Waals surface area contributed by atoms with Gasteiger partial charge in [0.15, 0.2) is 0 Å². The Kier molecular flexibility index (Phi) is 1.80. The summed E-state index contributed by atoms with van der Waals surface area (Å²) in [6.07, 6.45) is 12.5. The predicted molar refractivity (Wildman–Crippen MR) is 51.7 cm³/mol. The van der Waals surface area contributed by atoms with Crippen LogP contribution in [0.1, 0.15) is 13.3 Å². The normalized spacial score (nSPS) is 32.2. The zero-order chi connectivity index (χ0) is 8.55. The maximum Gasteiger partial charge on any atom is 0.0568 e. The van der Waals surface area contributed by atoms with Crippen LogP contribution in [0.4, 0.5) is 0 Å². The van der Waals surface area contributed by atoms with Gasteiger partial charge in [-0.25, -0.2) is 0 Å². The molecular formula is C11H15N. The molecule has 12 heavy (non-hydrogen) atoms. The van der Waals surface area contributed by atoms with Gasteiger partial charge in [0.1, 0.15) is 0 Å². The molecule has 0 aromatic carbocycles. The summed E-state index contributed by atoms with van der Waals surface area (Å²) in [5.74, 6) is 0.616. The molecule has 0 amide bonds. The van der Waals surface area contributed by atoms with Gasteiger partial charge >= 0.3 is 0 Å². The van der Waals surface area contributed by atoms with E-state index >= 15 is 0 Å². The molecule has 0 N–H and O–H groups in total. The van der Waals surface area contributed by atoms with E-state index in [4.69, 9.17) is 0 Å². The van der Waals surface area contributed by atoms with Crippen molar-refractivity contribution in [1.82, 2.24) is 4.90 Å². The highest BCUT2D eigenvalue weighted by Crippen LogP contribution is 2.27. The summed E-state index contributed by atoms with van der Waals surface area (Å²) in [7, 11) is 2.14. The third-order valence-corrected chi connectivity index (χ3v) is 2.73. The van der Waals surface area contributed by atoms with Crippen molar-refractivity contribution >= 4 is 0 Å². The van der Waals surface area contributed by atoms with Gasteiger partial charge in [-0.2, -0.15) is 0 Å². The SMILES string of the molecule is CCC1=CC2C(C=C1)C=CN2C. The lowest BCUT2D eigenvalue weighted by Gasteiger charge is -2.25. The topological polar surface area (TPSA) is 3.24 Å². The van der Waals surface area contributed by atoms with Gasteiger partial charge < -0.3 is 4.90 Å². The second-order valence-corrected chi connectivity index (χ2v) is 3.53. The molecule has 0 radical (unpaired) electrons. The summed E-state index contributed by atoms with van der Waals surface area (Å²) in [6, 6.07) is 0.588. The maximum atomic E-state index is 2.38. The molecule has 0 aromatic rings. The molecule has 1 heteroatoms. The minimum atomic E-state index is 0.588. The Balaban J connectivity index is 2.21. The van der Waals surface area contributed by atoms with E-state index in [1.807, 2.05) is 0 Å². The van der Waals surface area contributed by atoms with Gasteiger partial charge in [0.25, 0.3) is 0 Å². The standard InChI is InChI=1S/C11H15N/c1-3-9-4-5-10-6-7-12(2)11(10)8-9/h4-8,10-11H,3H2,1-2H3. The zero-order valence-electron chi connectivity index (χ0n) is 7.70. The Hall–Kier alpha value is -0.980. The van der Waals surface area contributed by atoms with Crippen LogP contribution in [0.25, 0.3) is 0 Å². The highest BCUT2D eigenvalue weighted by molar-refractivity contribution is 5.32. The average Bonchev–Trinajstić information content (AvgIpc) is 2.47.